The molecular formula is C27H26FN3O. The molecule has 5 heteroatoms. The lowest BCUT2D eigenvalue weighted by Gasteiger charge is -2.29. The Kier molecular flexibility index (Phi) is 5.84. The molecular weight excluding hydrogens is 401 g/mol. The summed E-state index contributed by atoms with van der Waals surface area (Å²) in [5, 5.41) is 14.5. The third kappa shape index (κ3) is 4.22. The average molecular weight is 428 g/mol. The van der Waals surface area contributed by atoms with Crippen LogP contribution in [0.15, 0.2) is 85.1 Å². The molecule has 1 saturated heterocycles. The molecule has 1 aromatic heterocycles. The number of aliphatic hydroxyl groups is 1. The van der Waals surface area contributed by atoms with Gasteiger partial charge in [-0.05, 0) is 48.2 Å². The topological polar surface area (TPSA) is 41.3 Å². The molecule has 1 fully saturated rings. The molecule has 32 heavy (non-hydrogen) atoms. The Hall–Kier alpha value is -3.28. The standard InChI is InChI=1S/C27H26FN3O/c28-26-9-5-4-8-25(26)27-22(19-30-16-14-24(32)15-17-30)18-29-31(27)23-12-10-21(11-13-23)20-6-2-1-3-7-20/h1-13,18,24,32H,14-17,19H2. The fourth-order valence-corrected chi connectivity index (χ4v) is 4.38. The van der Waals surface area contributed by atoms with Crippen molar-refractivity contribution >= 4 is 0 Å². The number of nitrogens with zero attached hydrogens (tertiary/aromatic N) is 3. The summed E-state index contributed by atoms with van der Waals surface area (Å²) in [6.45, 7) is 2.34. The Morgan fingerprint density at radius 1 is 0.844 bits per heavy atom. The Balaban J connectivity index is 1.52. The fourth-order valence-electron chi connectivity index (χ4n) is 4.38. The van der Waals surface area contributed by atoms with Gasteiger partial charge in [-0.1, -0.05) is 54.6 Å². The maximum Gasteiger partial charge on any atom is 0.132 e. The van der Waals surface area contributed by atoms with Crippen molar-refractivity contribution in [2.75, 3.05) is 13.1 Å². The second-order valence-electron chi connectivity index (χ2n) is 8.33. The highest BCUT2D eigenvalue weighted by atomic mass is 19.1. The molecule has 162 valence electrons. The molecule has 4 aromatic rings. The highest BCUT2D eigenvalue weighted by Crippen LogP contribution is 2.31. The molecule has 5 rings (SSSR count). The van der Waals surface area contributed by atoms with E-state index >= 15 is 0 Å². The van der Waals surface area contributed by atoms with E-state index in [0.29, 0.717) is 12.1 Å². The molecule has 3 aromatic carbocycles. The van der Waals surface area contributed by atoms with Crippen LogP contribution >= 0.6 is 0 Å². The van der Waals surface area contributed by atoms with Crippen molar-refractivity contribution in [1.82, 2.24) is 14.7 Å². The van der Waals surface area contributed by atoms with E-state index in [0.717, 1.165) is 54.0 Å². The number of halogens is 1. The summed E-state index contributed by atoms with van der Waals surface area (Å²) >= 11 is 0. The maximum absolute atomic E-state index is 14.9. The zero-order valence-electron chi connectivity index (χ0n) is 17.9. The summed E-state index contributed by atoms with van der Waals surface area (Å²) in [6, 6.07) is 25.3. The lowest BCUT2D eigenvalue weighted by atomic mass is 10.0. The van der Waals surface area contributed by atoms with E-state index in [-0.39, 0.29) is 11.9 Å². The molecule has 0 bridgehead atoms. The van der Waals surface area contributed by atoms with E-state index in [9.17, 15) is 9.50 Å². The van der Waals surface area contributed by atoms with Gasteiger partial charge in [-0.2, -0.15) is 5.10 Å². The van der Waals surface area contributed by atoms with Crippen molar-refractivity contribution in [3.8, 4) is 28.1 Å². The van der Waals surface area contributed by atoms with Gasteiger partial charge in [0.2, 0.25) is 0 Å². The zero-order chi connectivity index (χ0) is 21.9. The van der Waals surface area contributed by atoms with E-state index in [4.69, 9.17) is 0 Å². The average Bonchev–Trinajstić information content (AvgIpc) is 3.25. The molecule has 0 amide bonds. The summed E-state index contributed by atoms with van der Waals surface area (Å²) in [5.41, 5.74) is 5.48. The van der Waals surface area contributed by atoms with Crippen molar-refractivity contribution in [1.29, 1.82) is 0 Å². The predicted octanol–water partition coefficient (Wildman–Crippen LogP) is 5.30. The Morgan fingerprint density at radius 3 is 2.22 bits per heavy atom. The first kappa shape index (κ1) is 20.6. The molecule has 1 aliphatic rings. The molecule has 0 unspecified atom stereocenters. The number of hydrogen-bond donors (Lipinski definition) is 1. The molecule has 4 nitrogen and oxygen atoms in total. The number of aliphatic hydroxyl groups excluding tert-OH is 1. The number of likely N-dealkylation sites (tertiary alicyclic amines) is 1. The SMILES string of the molecule is OC1CCN(Cc2cnn(-c3ccc(-c4ccccc4)cc3)c2-c2ccccc2F)CC1. The van der Waals surface area contributed by atoms with E-state index in [1.54, 1.807) is 6.07 Å². The largest absolute Gasteiger partial charge is 0.393 e. The van der Waals surface area contributed by atoms with E-state index in [1.165, 1.54) is 6.07 Å². The highest BCUT2D eigenvalue weighted by molar-refractivity contribution is 5.68. The highest BCUT2D eigenvalue weighted by Gasteiger charge is 2.22. The minimum atomic E-state index is -0.259. The van der Waals surface area contributed by atoms with Crippen LogP contribution in [0.3, 0.4) is 0 Å². The second-order valence-corrected chi connectivity index (χ2v) is 8.33. The van der Waals surface area contributed by atoms with Gasteiger partial charge in [-0.25, -0.2) is 9.07 Å². The van der Waals surface area contributed by atoms with Crippen molar-refractivity contribution in [3.63, 3.8) is 0 Å². The van der Waals surface area contributed by atoms with Crippen LogP contribution in [0, 0.1) is 5.82 Å². The quantitative estimate of drug-likeness (QED) is 0.470. The van der Waals surface area contributed by atoms with Crippen LogP contribution in [-0.2, 0) is 6.54 Å². The van der Waals surface area contributed by atoms with Crippen molar-refractivity contribution < 1.29 is 9.50 Å². The van der Waals surface area contributed by atoms with Gasteiger partial charge in [0.15, 0.2) is 0 Å². The second kappa shape index (κ2) is 9.07. The van der Waals surface area contributed by atoms with Gasteiger partial charge in [0.25, 0.3) is 0 Å². The lowest BCUT2D eigenvalue weighted by molar-refractivity contribution is 0.0793. The van der Waals surface area contributed by atoms with Crippen LogP contribution in [0.1, 0.15) is 18.4 Å². The van der Waals surface area contributed by atoms with E-state index in [2.05, 4.69) is 34.3 Å². The van der Waals surface area contributed by atoms with Crippen LogP contribution in [0.5, 0.6) is 0 Å². The first-order valence-corrected chi connectivity index (χ1v) is 11.1. The number of piperidine rings is 1. The molecule has 2 heterocycles. The number of hydrogen-bond acceptors (Lipinski definition) is 3. The first-order chi connectivity index (χ1) is 15.7. The first-order valence-electron chi connectivity index (χ1n) is 11.1. The normalized spacial score (nSPS) is 15.2. The summed E-state index contributed by atoms with van der Waals surface area (Å²) in [7, 11) is 0. The maximum atomic E-state index is 14.9. The van der Waals surface area contributed by atoms with E-state index < -0.39 is 0 Å². The summed E-state index contributed by atoms with van der Waals surface area (Å²) in [6.07, 6.45) is 3.16. The molecule has 0 spiro atoms. The van der Waals surface area contributed by atoms with Crippen LogP contribution in [-0.4, -0.2) is 39.0 Å². The third-order valence-corrected chi connectivity index (χ3v) is 6.14. The number of benzene rings is 3. The molecule has 0 saturated carbocycles. The van der Waals surface area contributed by atoms with Crippen molar-refractivity contribution in [3.05, 3.63) is 96.4 Å². The van der Waals surface area contributed by atoms with Crippen LogP contribution in [0.4, 0.5) is 4.39 Å². The van der Waals surface area contributed by atoms with Gasteiger partial charge in [0, 0.05) is 30.8 Å². The van der Waals surface area contributed by atoms with Crippen LogP contribution < -0.4 is 0 Å². The summed E-state index contributed by atoms with van der Waals surface area (Å²) in [4.78, 5) is 2.30. The van der Waals surface area contributed by atoms with Gasteiger partial charge >= 0.3 is 0 Å². The fraction of sp³-hybridized carbons (Fsp3) is 0.222. The van der Waals surface area contributed by atoms with Crippen LogP contribution in [0.25, 0.3) is 28.1 Å². The predicted molar refractivity (Wildman–Crippen MR) is 125 cm³/mol. The summed E-state index contributed by atoms with van der Waals surface area (Å²) < 4.78 is 16.7. The number of rotatable bonds is 5. The van der Waals surface area contributed by atoms with Crippen molar-refractivity contribution in [2.45, 2.75) is 25.5 Å². The number of aromatic nitrogens is 2. The molecule has 0 radical (unpaired) electrons. The van der Waals surface area contributed by atoms with Gasteiger partial charge in [-0.15, -0.1) is 0 Å². The minimum absolute atomic E-state index is 0.219. The molecule has 0 aliphatic carbocycles. The van der Waals surface area contributed by atoms with Gasteiger partial charge in [0.05, 0.1) is 23.7 Å². The Bertz CT molecular complexity index is 1180. The van der Waals surface area contributed by atoms with Gasteiger partial charge < -0.3 is 5.11 Å². The molecule has 0 atom stereocenters. The Morgan fingerprint density at radius 2 is 1.50 bits per heavy atom. The van der Waals surface area contributed by atoms with Crippen LogP contribution in [0.2, 0.25) is 0 Å². The zero-order valence-corrected chi connectivity index (χ0v) is 17.9. The Labute approximate surface area is 187 Å². The van der Waals surface area contributed by atoms with Gasteiger partial charge in [-0.3, -0.25) is 4.90 Å². The molecule has 1 aliphatic heterocycles. The summed E-state index contributed by atoms with van der Waals surface area (Å²) in [5.74, 6) is -0.259. The third-order valence-electron chi connectivity index (χ3n) is 6.14. The lowest BCUT2D eigenvalue weighted by Crippen LogP contribution is -2.35. The molecule has 1 N–H and O–H groups in total. The smallest absolute Gasteiger partial charge is 0.132 e. The van der Waals surface area contributed by atoms with E-state index in [1.807, 2.05) is 53.3 Å². The van der Waals surface area contributed by atoms with Gasteiger partial charge in [0.1, 0.15) is 5.82 Å². The monoisotopic (exact) mass is 427 g/mol. The van der Waals surface area contributed by atoms with Crippen molar-refractivity contribution in [2.24, 2.45) is 0 Å². The minimum Gasteiger partial charge on any atom is -0.393 e.